The average molecular weight is 616 g/mol. The summed E-state index contributed by atoms with van der Waals surface area (Å²) in [5.41, 5.74) is 4.18. The summed E-state index contributed by atoms with van der Waals surface area (Å²) in [5.74, 6) is -0.165. The van der Waals surface area contributed by atoms with E-state index in [1.165, 1.54) is 38.7 Å². The monoisotopic (exact) mass is 615 g/mol. The molecule has 1 saturated carbocycles. The lowest BCUT2D eigenvalue weighted by molar-refractivity contribution is -0.146. The summed E-state index contributed by atoms with van der Waals surface area (Å²) >= 11 is 0. The van der Waals surface area contributed by atoms with Gasteiger partial charge in [0.15, 0.2) is 0 Å². The fourth-order valence-electron chi connectivity index (χ4n) is 5.60. The second-order valence-corrected chi connectivity index (χ2v) is 11.6. The van der Waals surface area contributed by atoms with Crippen molar-refractivity contribution in [3.05, 3.63) is 94.5 Å². The molecule has 1 aliphatic carbocycles. The predicted octanol–water partition coefficient (Wildman–Crippen LogP) is 6.87. The average Bonchev–Trinajstić information content (AvgIpc) is 3.08. The van der Waals surface area contributed by atoms with Crippen molar-refractivity contribution < 1.29 is 33.3 Å². The molecule has 4 rings (SSSR count). The predicted molar refractivity (Wildman–Crippen MR) is 173 cm³/mol. The number of carbonyl (C=O) groups excluding carboxylic acids is 3. The number of rotatable bonds is 15. The number of methoxy groups -OCH3 is 2. The molecule has 0 heterocycles. The zero-order valence-corrected chi connectivity index (χ0v) is 26.6. The van der Waals surface area contributed by atoms with Crippen LogP contribution in [0.5, 0.6) is 11.5 Å². The molecule has 45 heavy (non-hydrogen) atoms. The van der Waals surface area contributed by atoms with E-state index < -0.39 is 5.97 Å². The van der Waals surface area contributed by atoms with E-state index in [9.17, 15) is 14.4 Å². The van der Waals surface area contributed by atoms with E-state index in [4.69, 9.17) is 18.9 Å². The van der Waals surface area contributed by atoms with Gasteiger partial charge in [-0.05, 0) is 92.0 Å². The van der Waals surface area contributed by atoms with Crippen molar-refractivity contribution in [3.63, 3.8) is 0 Å². The molecule has 3 aromatic carbocycles. The first-order chi connectivity index (χ1) is 21.9. The van der Waals surface area contributed by atoms with E-state index in [-0.39, 0.29) is 35.0 Å². The van der Waals surface area contributed by atoms with Gasteiger partial charge >= 0.3 is 11.9 Å². The number of amides is 1. The van der Waals surface area contributed by atoms with Crippen LogP contribution in [-0.4, -0.2) is 44.7 Å². The molecule has 3 aromatic rings. The van der Waals surface area contributed by atoms with Crippen molar-refractivity contribution in [1.82, 2.24) is 5.32 Å². The van der Waals surface area contributed by atoms with Gasteiger partial charge in [-0.15, -0.1) is 0 Å². The molecular weight excluding hydrogens is 570 g/mol. The van der Waals surface area contributed by atoms with Gasteiger partial charge < -0.3 is 24.3 Å². The van der Waals surface area contributed by atoms with E-state index in [2.05, 4.69) is 48.6 Å². The van der Waals surface area contributed by atoms with Crippen LogP contribution in [-0.2, 0) is 33.7 Å². The number of benzene rings is 3. The smallest absolute Gasteiger partial charge is 0.337 e. The molecule has 1 fully saturated rings. The normalized spacial score (nSPS) is 16.0. The number of hydrogen-bond acceptors (Lipinski definition) is 7. The van der Waals surface area contributed by atoms with Crippen LogP contribution in [0.4, 0.5) is 0 Å². The van der Waals surface area contributed by atoms with Gasteiger partial charge in [-0.1, -0.05) is 56.2 Å². The fraction of sp³-hybridized carbons (Fsp3) is 0.432. The van der Waals surface area contributed by atoms with Gasteiger partial charge in [0.1, 0.15) is 18.1 Å². The van der Waals surface area contributed by atoms with Crippen molar-refractivity contribution in [2.24, 2.45) is 5.92 Å². The maximum Gasteiger partial charge on any atom is 0.337 e. The molecule has 0 aliphatic heterocycles. The summed E-state index contributed by atoms with van der Waals surface area (Å²) in [6.07, 6.45) is 7.88. The Bertz CT molecular complexity index is 1400. The molecule has 0 saturated heterocycles. The van der Waals surface area contributed by atoms with Crippen LogP contribution in [0.25, 0.3) is 0 Å². The standard InChI is InChI=1S/C37H45NO7/c1-4-5-8-26-12-14-28(15-13-26)25-45-32-19-16-27(17-20-32)9-7-22-44-34-21-18-30(37(41)43-3)24-33(34)35(39)38-31-11-6-10-29(23-31)36(40)42-2/h12-21,24,29,31H,4-11,22-23,25H2,1-3H3,(H,38,39). The first-order valence-corrected chi connectivity index (χ1v) is 15.9. The Hall–Kier alpha value is -4.33. The molecule has 2 atom stereocenters. The molecule has 8 heteroatoms. The summed E-state index contributed by atoms with van der Waals surface area (Å²) in [4.78, 5) is 37.6. The SMILES string of the molecule is CCCCc1ccc(COc2ccc(CCCOc3ccc(C(=O)OC)cc3C(=O)NC3CCCC(C(=O)OC)C3)cc2)cc1. The lowest BCUT2D eigenvalue weighted by Gasteiger charge is -2.28. The van der Waals surface area contributed by atoms with Crippen LogP contribution >= 0.6 is 0 Å². The molecule has 1 amide bonds. The number of ether oxygens (including phenoxy) is 4. The van der Waals surface area contributed by atoms with Crippen molar-refractivity contribution in [2.75, 3.05) is 20.8 Å². The summed E-state index contributed by atoms with van der Waals surface area (Å²) in [6.45, 7) is 3.12. The van der Waals surface area contributed by atoms with Crippen LogP contribution in [0, 0.1) is 5.92 Å². The third kappa shape index (κ3) is 10.1. The van der Waals surface area contributed by atoms with Crippen LogP contribution < -0.4 is 14.8 Å². The number of esters is 2. The number of hydrogen-bond donors (Lipinski definition) is 1. The van der Waals surface area contributed by atoms with Gasteiger partial charge in [0.25, 0.3) is 5.91 Å². The topological polar surface area (TPSA) is 100 Å². The van der Waals surface area contributed by atoms with Gasteiger partial charge in [0, 0.05) is 6.04 Å². The summed E-state index contributed by atoms with van der Waals surface area (Å²) in [5, 5.41) is 3.03. The summed E-state index contributed by atoms with van der Waals surface area (Å²) in [6, 6.07) is 21.2. The maximum atomic E-state index is 13.4. The molecule has 0 radical (unpaired) electrons. The highest BCUT2D eigenvalue weighted by molar-refractivity contribution is 6.00. The molecule has 0 bridgehead atoms. The molecule has 0 spiro atoms. The molecule has 1 aliphatic rings. The van der Waals surface area contributed by atoms with Gasteiger partial charge in [0.2, 0.25) is 0 Å². The number of carbonyl (C=O) groups is 3. The first kappa shape index (κ1) is 33.6. The molecule has 2 unspecified atom stereocenters. The minimum atomic E-state index is -0.535. The fourth-order valence-corrected chi connectivity index (χ4v) is 5.60. The first-order valence-electron chi connectivity index (χ1n) is 15.9. The van der Waals surface area contributed by atoms with Crippen molar-refractivity contribution >= 4 is 17.8 Å². The Balaban J connectivity index is 1.29. The summed E-state index contributed by atoms with van der Waals surface area (Å²) < 4.78 is 21.8. The van der Waals surface area contributed by atoms with Crippen LogP contribution in [0.3, 0.4) is 0 Å². The van der Waals surface area contributed by atoms with Crippen molar-refractivity contribution in [2.45, 2.75) is 77.4 Å². The Morgan fingerprint density at radius 3 is 2.18 bits per heavy atom. The van der Waals surface area contributed by atoms with Gasteiger partial charge in [-0.3, -0.25) is 9.59 Å². The highest BCUT2D eigenvalue weighted by Crippen LogP contribution is 2.27. The molecule has 0 aromatic heterocycles. The van der Waals surface area contributed by atoms with Crippen molar-refractivity contribution in [1.29, 1.82) is 0 Å². The third-order valence-electron chi connectivity index (χ3n) is 8.23. The minimum Gasteiger partial charge on any atom is -0.493 e. The van der Waals surface area contributed by atoms with E-state index in [0.29, 0.717) is 25.4 Å². The minimum absolute atomic E-state index is 0.173. The van der Waals surface area contributed by atoms with Gasteiger partial charge in [-0.25, -0.2) is 4.79 Å². The van der Waals surface area contributed by atoms with Gasteiger partial charge in [-0.2, -0.15) is 0 Å². The number of nitrogens with one attached hydrogen (secondary N) is 1. The van der Waals surface area contributed by atoms with E-state index in [1.54, 1.807) is 12.1 Å². The Morgan fingerprint density at radius 2 is 1.49 bits per heavy atom. The van der Waals surface area contributed by atoms with Crippen LogP contribution in [0.15, 0.2) is 66.7 Å². The Kier molecular flexibility index (Phi) is 12.9. The van der Waals surface area contributed by atoms with Crippen LogP contribution in [0.2, 0.25) is 0 Å². The van der Waals surface area contributed by atoms with E-state index in [0.717, 1.165) is 55.4 Å². The second-order valence-electron chi connectivity index (χ2n) is 11.6. The zero-order chi connectivity index (χ0) is 32.0. The quantitative estimate of drug-likeness (QED) is 0.147. The largest absolute Gasteiger partial charge is 0.493 e. The number of unbranched alkanes of at least 4 members (excludes halogenated alkanes) is 1. The van der Waals surface area contributed by atoms with E-state index in [1.807, 2.05) is 12.1 Å². The van der Waals surface area contributed by atoms with Crippen molar-refractivity contribution in [3.8, 4) is 11.5 Å². The van der Waals surface area contributed by atoms with Gasteiger partial charge in [0.05, 0.1) is 37.9 Å². The highest BCUT2D eigenvalue weighted by Gasteiger charge is 2.29. The third-order valence-corrected chi connectivity index (χ3v) is 8.23. The lowest BCUT2D eigenvalue weighted by Crippen LogP contribution is -2.40. The van der Waals surface area contributed by atoms with E-state index >= 15 is 0 Å². The van der Waals surface area contributed by atoms with Crippen LogP contribution in [0.1, 0.15) is 89.3 Å². The Morgan fingerprint density at radius 1 is 0.800 bits per heavy atom. The zero-order valence-electron chi connectivity index (χ0n) is 26.6. The number of aryl methyl sites for hydroxylation is 2. The molecule has 8 nitrogen and oxygen atoms in total. The Labute approximate surface area is 266 Å². The maximum absolute atomic E-state index is 13.4. The molecule has 1 N–H and O–H groups in total. The lowest BCUT2D eigenvalue weighted by atomic mass is 9.85. The highest BCUT2D eigenvalue weighted by atomic mass is 16.5. The second kappa shape index (κ2) is 17.2. The molecule has 240 valence electrons. The molecular formula is C37H45NO7. The summed E-state index contributed by atoms with van der Waals surface area (Å²) in [7, 11) is 2.68.